The van der Waals surface area contributed by atoms with E-state index in [4.69, 9.17) is 0 Å². The summed E-state index contributed by atoms with van der Waals surface area (Å²) in [4.78, 5) is 30.7. The highest BCUT2D eigenvalue weighted by atomic mass is 32.1. The third-order valence-electron chi connectivity index (χ3n) is 3.57. The fourth-order valence-electron chi connectivity index (χ4n) is 2.65. The fraction of sp³-hybridized carbons (Fsp3) is 0.133. The lowest BCUT2D eigenvalue weighted by Gasteiger charge is -2.11. The van der Waals surface area contributed by atoms with Crippen molar-refractivity contribution in [2.75, 3.05) is 0 Å². The third-order valence-corrected chi connectivity index (χ3v) is 4.53. The van der Waals surface area contributed by atoms with Gasteiger partial charge in [-0.25, -0.2) is 4.79 Å². The number of hydrogen-bond donors (Lipinski definition) is 1. The molecule has 0 fully saturated rings. The van der Waals surface area contributed by atoms with Gasteiger partial charge < -0.3 is 5.11 Å². The maximum absolute atomic E-state index is 11.7. The minimum absolute atomic E-state index is 0.0896. The van der Waals surface area contributed by atoms with Crippen molar-refractivity contribution in [3.63, 3.8) is 0 Å². The first-order valence-electron chi connectivity index (χ1n) is 6.62. The summed E-state index contributed by atoms with van der Waals surface area (Å²) in [7, 11) is 0. The van der Waals surface area contributed by atoms with Crippen LogP contribution in [0.3, 0.4) is 0 Å². The van der Waals surface area contributed by atoms with Crippen molar-refractivity contribution < 1.29 is 14.8 Å². The van der Waals surface area contributed by atoms with Crippen molar-refractivity contribution in [2.45, 2.75) is 13.8 Å². The molecule has 0 aliphatic heterocycles. The molecule has 0 aromatic carbocycles. The molecule has 7 nitrogen and oxygen atoms in total. The minimum Gasteiger partial charge on any atom is -0.478 e. The molecule has 3 rings (SSSR count). The zero-order valence-corrected chi connectivity index (χ0v) is 13.0. The van der Waals surface area contributed by atoms with Gasteiger partial charge in [-0.1, -0.05) is 0 Å². The van der Waals surface area contributed by atoms with Crippen LogP contribution in [0.5, 0.6) is 0 Å². The molecule has 0 saturated carbocycles. The average Bonchev–Trinajstić information content (AvgIpc) is 2.89. The Kier molecular flexibility index (Phi) is 3.53. The monoisotopic (exact) mass is 329 g/mol. The van der Waals surface area contributed by atoms with Gasteiger partial charge in [0.1, 0.15) is 5.69 Å². The van der Waals surface area contributed by atoms with Crippen LogP contribution in [0, 0.1) is 24.0 Å². The van der Waals surface area contributed by atoms with Crippen LogP contribution in [0.15, 0.2) is 23.8 Å². The van der Waals surface area contributed by atoms with E-state index in [1.165, 1.54) is 25.2 Å². The maximum atomic E-state index is 11.7. The van der Waals surface area contributed by atoms with Gasteiger partial charge in [-0.3, -0.25) is 20.1 Å². The number of aryl methyl sites for hydroxylation is 2. The van der Waals surface area contributed by atoms with Crippen LogP contribution in [0.25, 0.3) is 21.2 Å². The van der Waals surface area contributed by atoms with Crippen LogP contribution in [0.2, 0.25) is 0 Å². The lowest BCUT2D eigenvalue weighted by molar-refractivity contribution is -0.385. The normalized spacial score (nSPS) is 10.9. The number of rotatable bonds is 3. The van der Waals surface area contributed by atoms with Gasteiger partial charge in [-0.15, -0.1) is 11.3 Å². The number of aromatic nitrogens is 2. The van der Waals surface area contributed by atoms with E-state index in [-0.39, 0.29) is 28.2 Å². The standard InChI is InChI=1S/C15H11N3O4S/c1-7-12(15(19)20)13(14(18(21)22)8(2)17-7)10-6-23-11-3-4-16-5-9(10)11/h3-6H,1-2H3,(H,19,20). The molecule has 8 heteroatoms. The Morgan fingerprint density at radius 2 is 2.09 bits per heavy atom. The number of pyridine rings is 2. The van der Waals surface area contributed by atoms with Crippen LogP contribution in [-0.2, 0) is 0 Å². The molecule has 0 atom stereocenters. The minimum atomic E-state index is -1.24. The summed E-state index contributed by atoms with van der Waals surface area (Å²) in [6, 6.07) is 1.79. The molecule has 0 amide bonds. The number of carboxylic acid groups (broad SMARTS) is 1. The van der Waals surface area contributed by atoms with Gasteiger partial charge in [0.2, 0.25) is 0 Å². The smallest absolute Gasteiger partial charge is 0.338 e. The second-order valence-corrected chi connectivity index (χ2v) is 5.88. The van der Waals surface area contributed by atoms with Gasteiger partial charge in [-0.05, 0) is 19.9 Å². The molecule has 23 heavy (non-hydrogen) atoms. The molecule has 116 valence electrons. The molecule has 0 saturated heterocycles. The van der Waals surface area contributed by atoms with E-state index >= 15 is 0 Å². The second-order valence-electron chi connectivity index (χ2n) is 4.96. The summed E-state index contributed by atoms with van der Waals surface area (Å²) in [5.74, 6) is -1.24. The number of nitro groups is 1. The van der Waals surface area contributed by atoms with E-state index in [0.29, 0.717) is 10.9 Å². The number of fused-ring (bicyclic) bond motifs is 1. The Bertz CT molecular complexity index is 927. The van der Waals surface area contributed by atoms with Gasteiger partial charge in [0.15, 0.2) is 0 Å². The Morgan fingerprint density at radius 1 is 1.35 bits per heavy atom. The van der Waals surface area contributed by atoms with Crippen molar-refractivity contribution in [1.29, 1.82) is 0 Å². The Hall–Kier alpha value is -2.87. The van der Waals surface area contributed by atoms with Gasteiger partial charge in [0.25, 0.3) is 5.69 Å². The Morgan fingerprint density at radius 3 is 2.74 bits per heavy atom. The lowest BCUT2D eigenvalue weighted by Crippen LogP contribution is -2.09. The lowest BCUT2D eigenvalue weighted by atomic mass is 9.96. The Labute approximate surface area is 134 Å². The average molecular weight is 329 g/mol. The first kappa shape index (κ1) is 15.0. The molecular weight excluding hydrogens is 318 g/mol. The van der Waals surface area contributed by atoms with Gasteiger partial charge in [0, 0.05) is 33.4 Å². The summed E-state index contributed by atoms with van der Waals surface area (Å²) in [6.07, 6.45) is 3.21. The van der Waals surface area contributed by atoms with Gasteiger partial charge in [0.05, 0.1) is 21.7 Å². The van der Waals surface area contributed by atoms with Crippen molar-refractivity contribution >= 4 is 33.1 Å². The largest absolute Gasteiger partial charge is 0.478 e. The Balaban J connectivity index is 2.50. The molecule has 0 bridgehead atoms. The summed E-state index contributed by atoms with van der Waals surface area (Å²) in [6.45, 7) is 3.05. The van der Waals surface area contributed by atoms with Crippen molar-refractivity contribution in [3.05, 3.63) is 50.9 Å². The predicted octanol–water partition coefficient (Wildman–Crippen LogP) is 3.58. The third kappa shape index (κ3) is 2.33. The first-order chi connectivity index (χ1) is 10.9. The molecular formula is C15H11N3O4S. The van der Waals surface area contributed by atoms with E-state index in [2.05, 4.69) is 9.97 Å². The molecule has 1 N–H and O–H groups in total. The van der Waals surface area contributed by atoms with E-state index in [0.717, 1.165) is 4.70 Å². The number of thiophene rings is 1. The fourth-order valence-corrected chi connectivity index (χ4v) is 3.57. The molecule has 0 unspecified atom stereocenters. The number of carbonyl (C=O) groups is 1. The zero-order chi connectivity index (χ0) is 16.7. The number of carboxylic acids is 1. The molecule has 0 spiro atoms. The first-order valence-corrected chi connectivity index (χ1v) is 7.50. The summed E-state index contributed by atoms with van der Waals surface area (Å²) in [5.41, 5.74) is 0.597. The van der Waals surface area contributed by atoms with E-state index in [1.54, 1.807) is 23.8 Å². The number of nitrogens with zero attached hydrogens (tertiary/aromatic N) is 3. The predicted molar refractivity (Wildman–Crippen MR) is 85.9 cm³/mol. The van der Waals surface area contributed by atoms with E-state index < -0.39 is 10.9 Å². The van der Waals surface area contributed by atoms with E-state index in [9.17, 15) is 20.0 Å². The summed E-state index contributed by atoms with van der Waals surface area (Å²) < 4.78 is 0.882. The quantitative estimate of drug-likeness (QED) is 0.581. The van der Waals surface area contributed by atoms with Crippen LogP contribution in [0.4, 0.5) is 5.69 Å². The topological polar surface area (TPSA) is 106 Å². The van der Waals surface area contributed by atoms with Crippen molar-refractivity contribution in [2.24, 2.45) is 0 Å². The van der Waals surface area contributed by atoms with Crippen LogP contribution in [-0.4, -0.2) is 26.0 Å². The van der Waals surface area contributed by atoms with Crippen LogP contribution in [0.1, 0.15) is 21.7 Å². The molecule has 0 aliphatic rings. The highest BCUT2D eigenvalue weighted by Gasteiger charge is 2.30. The second kappa shape index (κ2) is 5.40. The van der Waals surface area contributed by atoms with Gasteiger partial charge >= 0.3 is 5.97 Å². The number of aromatic carboxylic acids is 1. The van der Waals surface area contributed by atoms with Gasteiger partial charge in [-0.2, -0.15) is 0 Å². The number of hydrogen-bond acceptors (Lipinski definition) is 6. The SMILES string of the molecule is Cc1nc(C)c([N+](=O)[O-])c(-c2csc3ccncc23)c1C(=O)O. The summed E-state index contributed by atoms with van der Waals surface area (Å²) >= 11 is 1.39. The zero-order valence-electron chi connectivity index (χ0n) is 12.2. The van der Waals surface area contributed by atoms with Crippen LogP contribution >= 0.6 is 11.3 Å². The molecule has 0 aliphatic carbocycles. The molecule has 3 aromatic rings. The van der Waals surface area contributed by atoms with E-state index in [1.807, 2.05) is 0 Å². The molecule has 3 heterocycles. The molecule has 3 aromatic heterocycles. The van der Waals surface area contributed by atoms with Crippen LogP contribution < -0.4 is 0 Å². The summed E-state index contributed by atoms with van der Waals surface area (Å²) in [5, 5.41) is 23.5. The maximum Gasteiger partial charge on any atom is 0.338 e. The van der Waals surface area contributed by atoms with Crippen molar-refractivity contribution in [1.82, 2.24) is 9.97 Å². The highest BCUT2D eigenvalue weighted by Crippen LogP contribution is 2.42. The molecule has 0 radical (unpaired) electrons. The van der Waals surface area contributed by atoms with Crippen molar-refractivity contribution in [3.8, 4) is 11.1 Å². The highest BCUT2D eigenvalue weighted by molar-refractivity contribution is 7.17.